The minimum absolute atomic E-state index is 0. The first kappa shape index (κ1) is 63.4. The normalized spacial score (nSPS) is 10.8. The summed E-state index contributed by atoms with van der Waals surface area (Å²) in [7, 11) is -4.45. The smallest absolute Gasteiger partial charge is 0.443 e. The number of anilines is 1. The molecule has 2 aromatic carbocycles. The summed E-state index contributed by atoms with van der Waals surface area (Å²) in [5, 5.41) is 21.1. The standard InChI is InChI=1S/C12H17N3O6S.C12H19N3O4S.C7H8N2O2.C6H15N.CH2Cl2.CH4/c1-12(2,3)21-11(16)14-22(19,20)13-8-9-5-4-6-10(7-9)15(17)18;1-12(2,3)19-11(16)13-20(17,18)15-8-6-10(7-9-15)14(4)5;8-5-6-2-1-3-7(4-6)9(10)11;1-4-7(5-2)6-3;2-1-3;/h4-7,13H,8H2,1-3H3,(H,14,16);6-9H,1-5H3;1-4H,5,8H2;4-6H2,1-3H3;1H2;1H4/p+1. The Morgan fingerprint density at radius 3 is 1.48 bits per heavy atom. The number of rotatable bonds is 13. The van der Waals surface area contributed by atoms with Gasteiger partial charge in [0.25, 0.3) is 11.4 Å². The lowest BCUT2D eigenvalue weighted by atomic mass is 10.2. The lowest BCUT2D eigenvalue weighted by Crippen LogP contribution is -2.52. The van der Waals surface area contributed by atoms with Crippen LogP contribution in [0.25, 0.3) is 0 Å². The molecule has 1 heterocycles. The Hall–Kier alpha value is -4.91. The van der Waals surface area contributed by atoms with E-state index in [1.807, 2.05) is 23.7 Å². The van der Waals surface area contributed by atoms with Gasteiger partial charge in [0.05, 0.1) is 15.2 Å². The first-order valence-electron chi connectivity index (χ1n) is 19.0. The van der Waals surface area contributed by atoms with E-state index >= 15 is 0 Å². The van der Waals surface area contributed by atoms with E-state index in [9.17, 15) is 46.7 Å². The number of hydrogen-bond donors (Lipinski definition) is 4. The zero-order valence-corrected chi connectivity index (χ0v) is 40.6. The van der Waals surface area contributed by atoms with Gasteiger partial charge in [-0.25, -0.2) is 14.3 Å². The van der Waals surface area contributed by atoms with Gasteiger partial charge >= 0.3 is 32.6 Å². The maximum Gasteiger partial charge on any atom is 0.474 e. The molecule has 0 saturated carbocycles. The molecule has 3 aromatic rings. The second-order valence-corrected chi connectivity index (χ2v) is 18.5. The predicted molar refractivity (Wildman–Crippen MR) is 251 cm³/mol. The number of benzene rings is 2. The summed E-state index contributed by atoms with van der Waals surface area (Å²) in [6, 6.07) is 15.0. The summed E-state index contributed by atoms with van der Waals surface area (Å²) in [5.74, 6) is 0. The van der Waals surface area contributed by atoms with Gasteiger partial charge in [0, 0.05) is 69.3 Å². The highest BCUT2D eigenvalue weighted by Crippen LogP contribution is 2.14. The molecule has 0 unspecified atom stereocenters. The molecular formula is C39H66Cl2N9O12S2+. The molecule has 0 saturated heterocycles. The highest BCUT2D eigenvalue weighted by Gasteiger charge is 2.28. The van der Waals surface area contributed by atoms with Crippen LogP contribution in [-0.4, -0.2) is 94.0 Å². The van der Waals surface area contributed by atoms with Crippen molar-refractivity contribution in [1.82, 2.24) is 19.1 Å². The number of halogens is 2. The van der Waals surface area contributed by atoms with Gasteiger partial charge in [0.15, 0.2) is 12.4 Å². The third-order valence-electron chi connectivity index (χ3n) is 7.09. The van der Waals surface area contributed by atoms with Crippen LogP contribution in [0.4, 0.5) is 26.7 Å². The SMILES string of the molecule is C.CC(C)(C)OC(=O)NS(=O)(=O)NCc1cccc([N+](=O)[O-])c1.CCN(CC)CC.CN(C)c1cc[n+](S(=O)(=O)NC(=O)OC(C)(C)C)cc1.ClCCl.NCc1cccc([N+](=O)[O-])c1. The highest BCUT2D eigenvalue weighted by atomic mass is 35.5. The summed E-state index contributed by atoms with van der Waals surface area (Å²) in [4.78, 5) is 46.9. The molecule has 0 bridgehead atoms. The number of amides is 2. The molecule has 0 aliphatic rings. The summed E-state index contributed by atoms with van der Waals surface area (Å²) in [6.45, 7) is 20.0. The van der Waals surface area contributed by atoms with E-state index in [1.54, 1.807) is 70.5 Å². The third kappa shape index (κ3) is 30.2. The van der Waals surface area contributed by atoms with Gasteiger partial charge in [-0.3, -0.25) is 20.2 Å². The third-order valence-corrected chi connectivity index (χ3v) is 9.28. The van der Waals surface area contributed by atoms with Crippen LogP contribution in [0.5, 0.6) is 0 Å². The van der Waals surface area contributed by atoms with E-state index < -0.39 is 53.7 Å². The van der Waals surface area contributed by atoms with Crippen molar-refractivity contribution in [3.63, 3.8) is 0 Å². The van der Waals surface area contributed by atoms with Crippen molar-refractivity contribution in [3.8, 4) is 0 Å². The number of carbonyl (C=O) groups excluding carboxylic acids is 2. The Bertz CT molecular complexity index is 2080. The average molecular weight is 988 g/mol. The fraction of sp³-hybridized carbons (Fsp3) is 0.513. The Kier molecular flexibility index (Phi) is 30.7. The van der Waals surface area contributed by atoms with Crippen LogP contribution in [0.3, 0.4) is 0 Å². The molecule has 0 aliphatic carbocycles. The molecule has 0 radical (unpaired) electrons. The van der Waals surface area contributed by atoms with Crippen LogP contribution in [-0.2, 0) is 43.0 Å². The van der Waals surface area contributed by atoms with Crippen LogP contribution in [0.15, 0.2) is 73.1 Å². The number of non-ortho nitro benzene ring substituents is 2. The first-order chi connectivity index (χ1) is 29.0. The molecule has 0 aliphatic heterocycles. The number of hydrogen-bond acceptors (Lipinski definition) is 15. The van der Waals surface area contributed by atoms with Crippen molar-refractivity contribution in [3.05, 3.63) is 104 Å². The largest absolute Gasteiger partial charge is 0.474 e. The van der Waals surface area contributed by atoms with Crippen LogP contribution >= 0.6 is 23.2 Å². The molecule has 0 fully saturated rings. The zero-order chi connectivity index (χ0) is 49.2. The predicted octanol–water partition coefficient (Wildman–Crippen LogP) is 6.57. The van der Waals surface area contributed by atoms with Gasteiger partial charge in [0.2, 0.25) is 0 Å². The minimum atomic E-state index is -4.13. The van der Waals surface area contributed by atoms with E-state index in [4.69, 9.17) is 38.4 Å². The number of nitro groups is 2. The maximum absolute atomic E-state index is 11.9. The minimum Gasteiger partial charge on any atom is -0.443 e. The fourth-order valence-electron chi connectivity index (χ4n) is 4.19. The van der Waals surface area contributed by atoms with Gasteiger partial charge < -0.3 is 25.0 Å². The molecule has 25 heteroatoms. The topological polar surface area (TPSA) is 280 Å². The van der Waals surface area contributed by atoms with Gasteiger partial charge in [0.1, 0.15) is 11.2 Å². The monoisotopic (exact) mass is 986 g/mol. The van der Waals surface area contributed by atoms with Gasteiger partial charge in [-0.05, 0) is 72.3 Å². The maximum atomic E-state index is 11.9. The van der Waals surface area contributed by atoms with Crippen LogP contribution in [0.2, 0.25) is 0 Å². The molecule has 0 atom stereocenters. The van der Waals surface area contributed by atoms with E-state index in [0.717, 1.165) is 15.2 Å². The Balaban J connectivity index is -0.000000808. The van der Waals surface area contributed by atoms with Gasteiger partial charge in [-0.2, -0.15) is 17.9 Å². The number of aromatic nitrogens is 1. The number of pyridine rings is 1. The lowest BCUT2D eigenvalue weighted by molar-refractivity contribution is -0.512. The molecule has 0 spiro atoms. The second kappa shape index (κ2) is 31.0. The van der Waals surface area contributed by atoms with Crippen molar-refractivity contribution in [2.75, 3.05) is 44.0 Å². The quantitative estimate of drug-likeness (QED) is 0.0610. The number of nitrogens with zero attached hydrogens (tertiary/aromatic N) is 5. The van der Waals surface area contributed by atoms with E-state index in [-0.39, 0.29) is 30.7 Å². The van der Waals surface area contributed by atoms with Crippen LogP contribution < -0.4 is 28.8 Å². The average Bonchev–Trinajstić information content (AvgIpc) is 3.17. The number of carbonyl (C=O) groups is 2. The van der Waals surface area contributed by atoms with E-state index in [0.29, 0.717) is 12.1 Å². The number of nitrogens with one attached hydrogen (secondary N) is 3. The van der Waals surface area contributed by atoms with E-state index in [2.05, 4.69) is 30.4 Å². The number of ether oxygens (including phenoxy) is 2. The summed E-state index contributed by atoms with van der Waals surface area (Å²) >= 11 is 9.53. The summed E-state index contributed by atoms with van der Waals surface area (Å²) in [5.41, 5.74) is 5.63. The van der Waals surface area contributed by atoms with Crippen LogP contribution in [0.1, 0.15) is 80.9 Å². The second-order valence-electron chi connectivity index (χ2n) is 14.6. The van der Waals surface area contributed by atoms with Crippen molar-refractivity contribution >= 4 is 72.9 Å². The van der Waals surface area contributed by atoms with Crippen molar-refractivity contribution in [2.24, 2.45) is 5.73 Å². The molecule has 1 aromatic heterocycles. The molecular weight excluding hydrogens is 922 g/mol. The van der Waals surface area contributed by atoms with E-state index in [1.165, 1.54) is 68.4 Å². The van der Waals surface area contributed by atoms with Crippen molar-refractivity contribution in [2.45, 2.75) is 94.0 Å². The number of nitrogens with two attached hydrogens (primary N) is 1. The molecule has 3 rings (SSSR count). The van der Waals surface area contributed by atoms with Gasteiger partial charge in [-0.15, -0.1) is 31.6 Å². The van der Waals surface area contributed by atoms with Crippen molar-refractivity contribution < 1.29 is 49.7 Å². The van der Waals surface area contributed by atoms with Crippen molar-refractivity contribution in [1.29, 1.82) is 0 Å². The first-order valence-corrected chi connectivity index (χ1v) is 23.0. The Morgan fingerprint density at radius 1 is 0.750 bits per heavy atom. The lowest BCUT2D eigenvalue weighted by Gasteiger charge is -2.19. The summed E-state index contributed by atoms with van der Waals surface area (Å²) < 4.78 is 63.5. The Labute approximate surface area is 388 Å². The number of nitro benzene ring substituents is 2. The highest BCUT2D eigenvalue weighted by molar-refractivity contribution is 7.88. The molecule has 64 heavy (non-hydrogen) atoms. The van der Waals surface area contributed by atoms with Crippen LogP contribution in [0, 0.1) is 20.2 Å². The zero-order valence-electron chi connectivity index (χ0n) is 37.5. The Morgan fingerprint density at radius 2 is 1.14 bits per heavy atom. The molecule has 364 valence electrons. The van der Waals surface area contributed by atoms with Gasteiger partial charge in [-0.1, -0.05) is 56.4 Å². The number of alkyl halides is 2. The molecule has 5 N–H and O–H groups in total. The summed E-state index contributed by atoms with van der Waals surface area (Å²) in [6.07, 6.45) is 0.574. The molecule has 21 nitrogen and oxygen atoms in total. The fourth-order valence-corrected chi connectivity index (χ4v) is 5.68. The molecule has 2 amide bonds.